The first-order valence-corrected chi connectivity index (χ1v) is 4.93. The number of halogens is 3. The normalized spacial score (nSPS) is 15.1. The van der Waals surface area contributed by atoms with E-state index in [1.807, 2.05) is 0 Å². The van der Waals surface area contributed by atoms with Crippen molar-refractivity contribution in [3.8, 4) is 0 Å². The first-order chi connectivity index (χ1) is 7.82. The highest BCUT2D eigenvalue weighted by atomic mass is 19.4. The summed E-state index contributed by atoms with van der Waals surface area (Å²) in [6, 6.07) is 7.14. The van der Waals surface area contributed by atoms with E-state index in [4.69, 9.17) is 0 Å². The van der Waals surface area contributed by atoms with E-state index >= 15 is 0 Å². The maximum absolute atomic E-state index is 12.0. The molecule has 94 valence electrons. The number of aliphatic hydroxyl groups excluding tert-OH is 1. The lowest BCUT2D eigenvalue weighted by Crippen LogP contribution is -2.44. The fourth-order valence-electron chi connectivity index (χ4n) is 1.31. The molecule has 0 aliphatic rings. The number of hydrogen-bond donors (Lipinski definition) is 2. The molecule has 2 atom stereocenters. The molecule has 0 aliphatic carbocycles. The van der Waals surface area contributed by atoms with Crippen LogP contribution in [0.2, 0.25) is 0 Å². The standard InChI is InChI=1S/C11H12F3NO2/c1-7(15-10(17)11(12,13)14)9(16)8-5-3-2-4-6-8/h2-7,9,16H,1H3,(H,15,17)/t7-,9?/m1/s1. The Morgan fingerprint density at radius 3 is 2.29 bits per heavy atom. The van der Waals surface area contributed by atoms with Crippen molar-refractivity contribution in [3.05, 3.63) is 35.9 Å². The fourth-order valence-corrected chi connectivity index (χ4v) is 1.31. The minimum absolute atomic E-state index is 0.447. The summed E-state index contributed by atoms with van der Waals surface area (Å²) >= 11 is 0. The summed E-state index contributed by atoms with van der Waals surface area (Å²) < 4.78 is 35.9. The number of aliphatic hydroxyl groups is 1. The molecule has 0 aromatic heterocycles. The number of carbonyl (C=O) groups is 1. The Labute approximate surface area is 96.3 Å². The van der Waals surface area contributed by atoms with E-state index in [1.54, 1.807) is 35.6 Å². The predicted molar refractivity (Wildman–Crippen MR) is 55.1 cm³/mol. The maximum atomic E-state index is 12.0. The highest BCUT2D eigenvalue weighted by Crippen LogP contribution is 2.19. The number of hydrogen-bond acceptors (Lipinski definition) is 2. The lowest BCUT2D eigenvalue weighted by molar-refractivity contribution is -0.175. The van der Waals surface area contributed by atoms with Gasteiger partial charge in [-0.3, -0.25) is 4.79 Å². The number of benzene rings is 1. The summed E-state index contributed by atoms with van der Waals surface area (Å²) in [6.45, 7) is 1.31. The molecule has 1 amide bonds. The Morgan fingerprint density at radius 2 is 1.82 bits per heavy atom. The van der Waals surface area contributed by atoms with Crippen LogP contribution >= 0.6 is 0 Å². The van der Waals surface area contributed by atoms with Gasteiger partial charge in [0.1, 0.15) is 0 Å². The Bertz CT molecular complexity index is 378. The molecule has 1 aromatic rings. The second kappa shape index (κ2) is 5.18. The number of amides is 1. The molecular formula is C11H12F3NO2. The molecule has 0 saturated heterocycles. The van der Waals surface area contributed by atoms with Crippen molar-refractivity contribution >= 4 is 5.91 Å². The van der Waals surface area contributed by atoms with E-state index in [9.17, 15) is 23.1 Å². The summed E-state index contributed by atoms with van der Waals surface area (Å²) in [4.78, 5) is 10.7. The van der Waals surface area contributed by atoms with Crippen molar-refractivity contribution in [2.45, 2.75) is 25.2 Å². The molecule has 3 nitrogen and oxygen atoms in total. The summed E-state index contributed by atoms with van der Waals surface area (Å²) in [5.74, 6) is -2.06. The van der Waals surface area contributed by atoms with Gasteiger partial charge in [0.2, 0.25) is 0 Å². The van der Waals surface area contributed by atoms with Crippen LogP contribution in [0.5, 0.6) is 0 Å². The predicted octanol–water partition coefficient (Wildman–Crippen LogP) is 1.79. The van der Waals surface area contributed by atoms with Gasteiger partial charge in [0.15, 0.2) is 0 Å². The van der Waals surface area contributed by atoms with E-state index in [0.717, 1.165) is 0 Å². The van der Waals surface area contributed by atoms with Crippen LogP contribution in [-0.4, -0.2) is 23.2 Å². The van der Waals surface area contributed by atoms with Gasteiger partial charge >= 0.3 is 12.1 Å². The zero-order valence-electron chi connectivity index (χ0n) is 9.03. The Morgan fingerprint density at radius 1 is 1.29 bits per heavy atom. The van der Waals surface area contributed by atoms with Gasteiger partial charge in [-0.15, -0.1) is 0 Å². The molecule has 0 bridgehead atoms. The molecule has 1 aromatic carbocycles. The van der Waals surface area contributed by atoms with Crippen LogP contribution in [-0.2, 0) is 4.79 Å². The van der Waals surface area contributed by atoms with Gasteiger partial charge < -0.3 is 10.4 Å². The first-order valence-electron chi connectivity index (χ1n) is 4.93. The molecule has 0 heterocycles. The Kier molecular flexibility index (Phi) is 4.11. The van der Waals surface area contributed by atoms with Crippen LogP contribution < -0.4 is 5.32 Å². The topological polar surface area (TPSA) is 49.3 Å². The van der Waals surface area contributed by atoms with Gasteiger partial charge in [0.25, 0.3) is 0 Å². The average molecular weight is 247 g/mol. The lowest BCUT2D eigenvalue weighted by Gasteiger charge is -2.21. The smallest absolute Gasteiger partial charge is 0.386 e. The molecular weight excluding hydrogens is 235 g/mol. The third kappa shape index (κ3) is 3.74. The molecule has 0 aliphatic heterocycles. The number of alkyl halides is 3. The van der Waals surface area contributed by atoms with Gasteiger partial charge in [0.05, 0.1) is 12.1 Å². The van der Waals surface area contributed by atoms with Crippen LogP contribution in [0, 0.1) is 0 Å². The lowest BCUT2D eigenvalue weighted by atomic mass is 10.0. The second-order valence-corrected chi connectivity index (χ2v) is 3.62. The first kappa shape index (κ1) is 13.5. The summed E-state index contributed by atoms with van der Waals surface area (Å²) in [5, 5.41) is 11.4. The van der Waals surface area contributed by atoms with Crippen molar-refractivity contribution < 1.29 is 23.1 Å². The molecule has 0 radical (unpaired) electrons. The average Bonchev–Trinajstić information content (AvgIpc) is 2.27. The number of nitrogens with one attached hydrogen (secondary N) is 1. The molecule has 17 heavy (non-hydrogen) atoms. The largest absolute Gasteiger partial charge is 0.471 e. The van der Waals surface area contributed by atoms with Crippen LogP contribution in [0.25, 0.3) is 0 Å². The van der Waals surface area contributed by atoms with Crippen LogP contribution in [0.15, 0.2) is 30.3 Å². The summed E-state index contributed by atoms with van der Waals surface area (Å²) in [5.41, 5.74) is 0.447. The number of rotatable bonds is 3. The van der Waals surface area contributed by atoms with Crippen molar-refractivity contribution in [2.75, 3.05) is 0 Å². The molecule has 0 spiro atoms. The van der Waals surface area contributed by atoms with E-state index in [0.29, 0.717) is 5.56 Å². The van der Waals surface area contributed by atoms with Crippen molar-refractivity contribution in [1.29, 1.82) is 0 Å². The summed E-state index contributed by atoms with van der Waals surface area (Å²) in [6.07, 6.45) is -6.12. The molecule has 6 heteroatoms. The van der Waals surface area contributed by atoms with Crippen molar-refractivity contribution in [2.24, 2.45) is 0 Å². The number of carbonyl (C=O) groups excluding carboxylic acids is 1. The quantitative estimate of drug-likeness (QED) is 0.855. The molecule has 0 fully saturated rings. The van der Waals surface area contributed by atoms with Gasteiger partial charge in [0, 0.05) is 0 Å². The van der Waals surface area contributed by atoms with Gasteiger partial charge in [-0.05, 0) is 12.5 Å². The Balaban J connectivity index is 2.66. The minimum Gasteiger partial charge on any atom is -0.386 e. The molecule has 1 rings (SSSR count). The third-order valence-electron chi connectivity index (χ3n) is 2.23. The molecule has 2 N–H and O–H groups in total. The molecule has 1 unspecified atom stereocenters. The van der Waals surface area contributed by atoms with Crippen molar-refractivity contribution in [1.82, 2.24) is 5.32 Å². The van der Waals surface area contributed by atoms with E-state index < -0.39 is 24.2 Å². The third-order valence-corrected chi connectivity index (χ3v) is 2.23. The monoisotopic (exact) mass is 247 g/mol. The Hall–Kier alpha value is -1.56. The highest BCUT2D eigenvalue weighted by molar-refractivity contribution is 5.81. The van der Waals surface area contributed by atoms with Crippen LogP contribution in [0.1, 0.15) is 18.6 Å². The second-order valence-electron chi connectivity index (χ2n) is 3.62. The van der Waals surface area contributed by atoms with Gasteiger partial charge in [-0.2, -0.15) is 13.2 Å². The van der Waals surface area contributed by atoms with E-state index in [-0.39, 0.29) is 0 Å². The van der Waals surface area contributed by atoms with Crippen molar-refractivity contribution in [3.63, 3.8) is 0 Å². The van der Waals surface area contributed by atoms with Crippen LogP contribution in [0.4, 0.5) is 13.2 Å². The SMILES string of the molecule is C[C@@H](NC(=O)C(F)(F)F)C(O)c1ccccc1. The van der Waals surface area contributed by atoms with E-state index in [2.05, 4.69) is 0 Å². The summed E-state index contributed by atoms with van der Waals surface area (Å²) in [7, 11) is 0. The van der Waals surface area contributed by atoms with Gasteiger partial charge in [-0.1, -0.05) is 30.3 Å². The van der Waals surface area contributed by atoms with Gasteiger partial charge in [-0.25, -0.2) is 0 Å². The minimum atomic E-state index is -4.94. The molecule has 0 saturated carbocycles. The zero-order chi connectivity index (χ0) is 13.1. The van der Waals surface area contributed by atoms with Crippen LogP contribution in [0.3, 0.4) is 0 Å². The zero-order valence-corrected chi connectivity index (χ0v) is 9.03. The maximum Gasteiger partial charge on any atom is 0.471 e. The van der Waals surface area contributed by atoms with E-state index in [1.165, 1.54) is 6.92 Å². The fraction of sp³-hybridized carbons (Fsp3) is 0.364. The highest BCUT2D eigenvalue weighted by Gasteiger charge is 2.39.